The zero-order chi connectivity index (χ0) is 27.5. The molecule has 0 aliphatic carbocycles. The molecule has 198 valence electrons. The maximum atomic E-state index is 14.6. The standard InChI is InChI=1S/C27H27F2N4O4S/c1-4-17-37-27(34)32(38(35,36)25-18-20(28)12-13-22(25)29)24-10-8-9-21(19(24)3)23-14-16-33(5-2,31-23)26-11-6-7-15-30-26/h6-16,18H,4-5,17H2,1-3H3/q+1. The summed E-state index contributed by atoms with van der Waals surface area (Å²) in [4.78, 5) is 16.5. The van der Waals surface area contributed by atoms with Crippen molar-refractivity contribution in [1.29, 1.82) is 0 Å². The molecule has 0 fully saturated rings. The molecule has 1 unspecified atom stereocenters. The molecule has 0 N–H and O–H groups in total. The Hall–Kier alpha value is -3.96. The fourth-order valence-electron chi connectivity index (χ4n) is 4.11. The first kappa shape index (κ1) is 27.1. The summed E-state index contributed by atoms with van der Waals surface area (Å²) in [5.41, 5.74) is 1.39. The topological polar surface area (TPSA) is 88.9 Å². The molecule has 2 aromatic carbocycles. The molecule has 0 saturated carbocycles. The van der Waals surface area contributed by atoms with Crippen molar-refractivity contribution in [1.82, 2.24) is 9.58 Å². The molecule has 0 bridgehead atoms. The molecule has 0 radical (unpaired) electrons. The minimum absolute atomic E-state index is 0.0642. The number of ether oxygens (including phenoxy) is 1. The van der Waals surface area contributed by atoms with Gasteiger partial charge in [-0.3, -0.25) is 0 Å². The van der Waals surface area contributed by atoms with Gasteiger partial charge in [0.1, 0.15) is 35.0 Å². The quantitative estimate of drug-likeness (QED) is 0.343. The third kappa shape index (κ3) is 4.94. The highest BCUT2D eigenvalue weighted by atomic mass is 32.2. The molecule has 1 aliphatic rings. The number of aromatic nitrogens is 1. The number of halogens is 2. The van der Waals surface area contributed by atoms with Crippen LogP contribution >= 0.6 is 0 Å². The number of nitrogens with zero attached hydrogens (tertiary/aromatic N) is 4. The number of anilines is 1. The molecule has 0 saturated heterocycles. The number of pyridine rings is 1. The first-order valence-corrected chi connectivity index (χ1v) is 13.4. The summed E-state index contributed by atoms with van der Waals surface area (Å²) in [5.74, 6) is -1.47. The lowest BCUT2D eigenvalue weighted by molar-refractivity contribution is 0.158. The lowest BCUT2D eigenvalue weighted by Gasteiger charge is -2.25. The molecule has 8 nitrogen and oxygen atoms in total. The molecular weight excluding hydrogens is 514 g/mol. The van der Waals surface area contributed by atoms with Crippen LogP contribution in [-0.4, -0.2) is 38.4 Å². The molecule has 1 aliphatic heterocycles. The number of rotatable bonds is 8. The normalized spacial score (nSPS) is 16.8. The third-order valence-electron chi connectivity index (χ3n) is 6.10. The maximum absolute atomic E-state index is 14.6. The lowest BCUT2D eigenvalue weighted by atomic mass is 10.0. The number of benzene rings is 2. The van der Waals surface area contributed by atoms with E-state index < -0.39 is 32.6 Å². The number of allylic oxidation sites excluding steroid dienone is 1. The number of carbonyl (C=O) groups excluding carboxylic acids is 1. The van der Waals surface area contributed by atoms with E-state index >= 15 is 0 Å². The van der Waals surface area contributed by atoms with Crippen LogP contribution in [0, 0.1) is 18.6 Å². The summed E-state index contributed by atoms with van der Waals surface area (Å²) in [5, 5.41) is 4.87. The summed E-state index contributed by atoms with van der Waals surface area (Å²) in [6.45, 7) is 5.83. The van der Waals surface area contributed by atoms with Gasteiger partial charge in [-0.25, -0.2) is 27.0 Å². The molecule has 2 heterocycles. The lowest BCUT2D eigenvalue weighted by Crippen LogP contribution is -2.39. The molecule has 3 aromatic rings. The van der Waals surface area contributed by atoms with E-state index in [0.717, 1.165) is 6.07 Å². The van der Waals surface area contributed by atoms with Crippen molar-refractivity contribution in [2.24, 2.45) is 5.10 Å². The Morgan fingerprint density at radius 2 is 1.87 bits per heavy atom. The Bertz CT molecular complexity index is 1530. The van der Waals surface area contributed by atoms with Gasteiger partial charge in [0.05, 0.1) is 12.3 Å². The van der Waals surface area contributed by atoms with Crippen molar-refractivity contribution in [3.05, 3.63) is 95.8 Å². The third-order valence-corrected chi connectivity index (χ3v) is 7.80. The zero-order valence-corrected chi connectivity index (χ0v) is 22.0. The highest BCUT2D eigenvalue weighted by molar-refractivity contribution is 7.93. The van der Waals surface area contributed by atoms with E-state index in [1.165, 1.54) is 6.07 Å². The van der Waals surface area contributed by atoms with Gasteiger partial charge >= 0.3 is 6.09 Å². The van der Waals surface area contributed by atoms with Crippen LogP contribution in [0.15, 0.2) is 83.1 Å². The summed E-state index contributed by atoms with van der Waals surface area (Å²) < 4.78 is 61.4. The van der Waals surface area contributed by atoms with Crippen LogP contribution in [0.2, 0.25) is 0 Å². The van der Waals surface area contributed by atoms with Gasteiger partial charge in [-0.1, -0.05) is 30.2 Å². The number of amides is 1. The average molecular weight is 542 g/mol. The molecule has 38 heavy (non-hydrogen) atoms. The summed E-state index contributed by atoms with van der Waals surface area (Å²) in [6.07, 6.45) is 4.54. The van der Waals surface area contributed by atoms with Gasteiger partial charge in [0.2, 0.25) is 0 Å². The van der Waals surface area contributed by atoms with E-state index in [-0.39, 0.29) is 16.9 Å². The summed E-state index contributed by atoms with van der Waals surface area (Å²) in [7, 11) is -4.90. The molecule has 1 aromatic heterocycles. The Labute approximate surface area is 220 Å². The monoisotopic (exact) mass is 541 g/mol. The Morgan fingerprint density at radius 3 is 2.55 bits per heavy atom. The predicted octanol–water partition coefficient (Wildman–Crippen LogP) is 5.67. The van der Waals surface area contributed by atoms with Crippen LogP contribution in [0.1, 0.15) is 31.4 Å². The smallest absolute Gasteiger partial charge is 0.428 e. The molecule has 4 rings (SSSR count). The van der Waals surface area contributed by atoms with Gasteiger partial charge in [0, 0.05) is 23.9 Å². The predicted molar refractivity (Wildman–Crippen MR) is 141 cm³/mol. The second-order valence-electron chi connectivity index (χ2n) is 8.54. The first-order chi connectivity index (χ1) is 18.1. The average Bonchev–Trinajstić information content (AvgIpc) is 3.36. The summed E-state index contributed by atoms with van der Waals surface area (Å²) in [6, 6.07) is 12.3. The second kappa shape index (κ2) is 10.8. The van der Waals surface area contributed by atoms with Crippen molar-refractivity contribution >= 4 is 33.3 Å². The van der Waals surface area contributed by atoms with Gasteiger partial charge in [-0.05, 0) is 56.2 Å². The Kier molecular flexibility index (Phi) is 7.70. The molecule has 0 spiro atoms. The number of hydrogen-bond acceptors (Lipinski definition) is 6. The highest BCUT2D eigenvalue weighted by Gasteiger charge is 2.38. The number of carbonyl (C=O) groups is 1. The molecular formula is C27H27F2N4O4S+. The van der Waals surface area contributed by atoms with Crippen LogP contribution in [0.25, 0.3) is 0 Å². The van der Waals surface area contributed by atoms with Gasteiger partial charge < -0.3 is 4.74 Å². The van der Waals surface area contributed by atoms with Crippen LogP contribution in [0.5, 0.6) is 0 Å². The van der Waals surface area contributed by atoms with Gasteiger partial charge in [0.15, 0.2) is 0 Å². The van der Waals surface area contributed by atoms with Crippen LogP contribution in [0.4, 0.5) is 25.1 Å². The fourth-order valence-corrected chi connectivity index (χ4v) is 5.59. The van der Waals surface area contributed by atoms with Crippen LogP contribution in [0.3, 0.4) is 0 Å². The Morgan fingerprint density at radius 1 is 1.08 bits per heavy atom. The molecule has 1 atom stereocenters. The van der Waals surface area contributed by atoms with E-state index in [0.29, 0.717) is 52.1 Å². The first-order valence-electron chi connectivity index (χ1n) is 12.0. The zero-order valence-electron chi connectivity index (χ0n) is 21.1. The van der Waals surface area contributed by atoms with Crippen molar-refractivity contribution in [3.8, 4) is 0 Å². The minimum Gasteiger partial charge on any atom is -0.448 e. The van der Waals surface area contributed by atoms with Crippen molar-refractivity contribution in [2.45, 2.75) is 32.1 Å². The minimum atomic E-state index is -4.90. The van der Waals surface area contributed by atoms with E-state index in [2.05, 4.69) is 4.98 Å². The van der Waals surface area contributed by atoms with Crippen LogP contribution in [-0.2, 0) is 14.8 Å². The van der Waals surface area contributed by atoms with E-state index in [1.54, 1.807) is 38.3 Å². The number of quaternary nitrogens is 1. The summed E-state index contributed by atoms with van der Waals surface area (Å²) >= 11 is 0. The molecule has 1 amide bonds. The van der Waals surface area contributed by atoms with Gasteiger partial charge in [-0.2, -0.15) is 4.31 Å². The second-order valence-corrected chi connectivity index (χ2v) is 10.3. The largest absolute Gasteiger partial charge is 0.448 e. The maximum Gasteiger partial charge on any atom is 0.428 e. The van der Waals surface area contributed by atoms with E-state index in [4.69, 9.17) is 9.84 Å². The number of sulfonamides is 1. The Balaban J connectivity index is 1.85. The van der Waals surface area contributed by atoms with Gasteiger partial charge in [0.25, 0.3) is 15.8 Å². The van der Waals surface area contributed by atoms with Crippen molar-refractivity contribution in [2.75, 3.05) is 17.5 Å². The number of hydrogen-bond donors (Lipinski definition) is 0. The van der Waals surface area contributed by atoms with Gasteiger partial charge in [-0.15, -0.1) is 4.59 Å². The van der Waals surface area contributed by atoms with Crippen molar-refractivity contribution < 1.29 is 26.7 Å². The van der Waals surface area contributed by atoms with E-state index in [1.807, 2.05) is 31.3 Å². The van der Waals surface area contributed by atoms with Crippen molar-refractivity contribution in [3.63, 3.8) is 0 Å². The van der Waals surface area contributed by atoms with Crippen LogP contribution < -0.4 is 8.90 Å². The fraction of sp³-hybridized carbons (Fsp3) is 0.222. The molecule has 11 heteroatoms. The highest BCUT2D eigenvalue weighted by Crippen LogP contribution is 2.33. The van der Waals surface area contributed by atoms with E-state index in [9.17, 15) is 22.0 Å². The SMILES string of the molecule is CCCOC(=O)N(c1cccc(C2=N[N+](CC)(c3ccccn3)C=C2)c1C)S(=O)(=O)c1cc(F)ccc1F.